The Kier molecular flexibility index (Phi) is 7.66. The number of ether oxygens (including phenoxy) is 1. The highest BCUT2D eigenvalue weighted by Crippen LogP contribution is 2.25. The van der Waals surface area contributed by atoms with Crippen LogP contribution in [-0.4, -0.2) is 44.3 Å². The molecule has 0 unspecified atom stereocenters. The van der Waals surface area contributed by atoms with Crippen molar-refractivity contribution in [3.63, 3.8) is 0 Å². The molecule has 1 N–H and O–H groups in total. The van der Waals surface area contributed by atoms with Crippen molar-refractivity contribution in [1.29, 1.82) is 0 Å². The Bertz CT molecular complexity index is 810. The maximum atomic E-state index is 12.9. The zero-order valence-corrected chi connectivity index (χ0v) is 17.6. The maximum absolute atomic E-state index is 12.9. The normalized spacial score (nSPS) is 19.3. The quantitative estimate of drug-likeness (QED) is 0.710. The van der Waals surface area contributed by atoms with E-state index in [4.69, 9.17) is 4.74 Å². The molecule has 1 aliphatic heterocycles. The molecule has 1 aromatic rings. The molecule has 1 heterocycles. The van der Waals surface area contributed by atoms with Crippen molar-refractivity contribution < 1.29 is 22.7 Å². The molecule has 0 bridgehead atoms. The topological polar surface area (TPSA) is 92.8 Å². The van der Waals surface area contributed by atoms with Crippen LogP contribution in [0.25, 0.3) is 0 Å². The highest BCUT2D eigenvalue weighted by molar-refractivity contribution is 7.89. The van der Waals surface area contributed by atoms with Crippen molar-refractivity contribution in [2.24, 2.45) is 5.92 Å². The van der Waals surface area contributed by atoms with E-state index >= 15 is 0 Å². The van der Waals surface area contributed by atoms with Crippen LogP contribution in [0.4, 0.5) is 5.69 Å². The number of nitrogens with one attached hydrogen (secondary N) is 1. The summed E-state index contributed by atoms with van der Waals surface area (Å²) in [6, 6.07) is 6.23. The van der Waals surface area contributed by atoms with E-state index < -0.39 is 15.9 Å². The Labute approximate surface area is 172 Å². The molecule has 2 aliphatic rings. The van der Waals surface area contributed by atoms with E-state index in [0.29, 0.717) is 18.8 Å². The summed E-state index contributed by atoms with van der Waals surface area (Å²) < 4.78 is 32.5. The lowest BCUT2D eigenvalue weighted by Crippen LogP contribution is -2.32. The van der Waals surface area contributed by atoms with E-state index in [9.17, 15) is 18.0 Å². The van der Waals surface area contributed by atoms with Crippen LogP contribution in [0.5, 0.6) is 0 Å². The smallest absolute Gasteiger partial charge is 0.309 e. The number of sulfonamides is 1. The molecular weight excluding hydrogens is 392 g/mol. The van der Waals surface area contributed by atoms with Gasteiger partial charge in [-0.3, -0.25) is 9.59 Å². The Hall–Kier alpha value is -1.93. The highest BCUT2D eigenvalue weighted by atomic mass is 32.2. The average molecular weight is 423 g/mol. The van der Waals surface area contributed by atoms with Gasteiger partial charge in [0.2, 0.25) is 10.0 Å². The van der Waals surface area contributed by atoms with Gasteiger partial charge in [-0.15, -0.1) is 0 Å². The maximum Gasteiger partial charge on any atom is 0.309 e. The van der Waals surface area contributed by atoms with E-state index in [1.54, 1.807) is 18.2 Å². The summed E-state index contributed by atoms with van der Waals surface area (Å²) in [5, 5.41) is 2.63. The lowest BCUT2D eigenvalue weighted by atomic mass is 9.89. The number of hydrogen-bond acceptors (Lipinski definition) is 5. The van der Waals surface area contributed by atoms with Gasteiger partial charge in [-0.25, -0.2) is 8.42 Å². The summed E-state index contributed by atoms with van der Waals surface area (Å²) in [4.78, 5) is 24.4. The predicted octanol–water partition coefficient (Wildman–Crippen LogP) is 3.31. The minimum absolute atomic E-state index is 0.112. The SMILES string of the molecule is O=C(COC(=O)C1CCCCC1)Nc1cccc(S(=O)(=O)N2CCCCCC2)c1. The van der Waals surface area contributed by atoms with Crippen molar-refractivity contribution >= 4 is 27.6 Å². The minimum atomic E-state index is -3.59. The number of benzene rings is 1. The number of esters is 1. The predicted molar refractivity (Wildman–Crippen MR) is 110 cm³/mol. The summed E-state index contributed by atoms with van der Waals surface area (Å²) in [5.41, 5.74) is 0.375. The number of hydrogen-bond donors (Lipinski definition) is 1. The van der Waals surface area contributed by atoms with Gasteiger partial charge in [0.05, 0.1) is 10.8 Å². The van der Waals surface area contributed by atoms with Gasteiger partial charge in [0.25, 0.3) is 5.91 Å². The number of nitrogens with zero attached hydrogens (tertiary/aromatic N) is 1. The molecule has 8 heteroatoms. The van der Waals surface area contributed by atoms with E-state index in [1.807, 2.05) is 0 Å². The largest absolute Gasteiger partial charge is 0.455 e. The molecule has 3 rings (SSSR count). The van der Waals surface area contributed by atoms with Gasteiger partial charge in [-0.2, -0.15) is 4.31 Å². The van der Waals surface area contributed by atoms with E-state index in [0.717, 1.165) is 57.8 Å². The van der Waals surface area contributed by atoms with Crippen molar-refractivity contribution in [3.05, 3.63) is 24.3 Å². The molecule has 1 amide bonds. The van der Waals surface area contributed by atoms with Crippen molar-refractivity contribution in [2.75, 3.05) is 25.0 Å². The first-order valence-electron chi connectivity index (χ1n) is 10.5. The lowest BCUT2D eigenvalue weighted by molar-refractivity contribution is -0.152. The van der Waals surface area contributed by atoms with Crippen LogP contribution in [0.3, 0.4) is 0 Å². The van der Waals surface area contributed by atoms with Gasteiger partial charge in [0, 0.05) is 18.8 Å². The first-order valence-corrected chi connectivity index (χ1v) is 12.0. The number of carbonyl (C=O) groups excluding carboxylic acids is 2. The van der Waals surface area contributed by atoms with Crippen molar-refractivity contribution in [3.8, 4) is 0 Å². The fraction of sp³-hybridized carbons (Fsp3) is 0.619. The summed E-state index contributed by atoms with van der Waals surface area (Å²) in [6.45, 7) is 0.685. The molecule has 0 radical (unpaired) electrons. The lowest BCUT2D eigenvalue weighted by Gasteiger charge is -2.20. The van der Waals surface area contributed by atoms with Crippen LogP contribution >= 0.6 is 0 Å². The zero-order chi connectivity index (χ0) is 20.7. The standard InChI is InChI=1S/C21H30N2O5S/c24-20(16-28-21(25)17-9-4-3-5-10-17)22-18-11-8-12-19(15-18)29(26,27)23-13-6-1-2-7-14-23/h8,11-12,15,17H,1-7,9-10,13-14,16H2,(H,22,24). The third-order valence-electron chi connectivity index (χ3n) is 5.60. The molecule has 0 atom stereocenters. The molecule has 7 nitrogen and oxygen atoms in total. The second kappa shape index (κ2) is 10.2. The van der Waals surface area contributed by atoms with Crippen LogP contribution in [0.1, 0.15) is 57.8 Å². The molecule has 1 saturated heterocycles. The Morgan fingerprint density at radius 1 is 1.00 bits per heavy atom. The minimum Gasteiger partial charge on any atom is -0.455 e. The van der Waals surface area contributed by atoms with Crippen LogP contribution in [0.2, 0.25) is 0 Å². The second-order valence-corrected chi connectivity index (χ2v) is 9.77. The van der Waals surface area contributed by atoms with Gasteiger partial charge in [-0.05, 0) is 43.9 Å². The van der Waals surface area contributed by atoms with Crippen LogP contribution in [0, 0.1) is 5.92 Å². The highest BCUT2D eigenvalue weighted by Gasteiger charge is 2.26. The van der Waals surface area contributed by atoms with Gasteiger partial charge < -0.3 is 10.1 Å². The fourth-order valence-corrected chi connectivity index (χ4v) is 5.52. The molecule has 1 aliphatic carbocycles. The third-order valence-corrected chi connectivity index (χ3v) is 7.50. The molecule has 0 spiro atoms. The van der Waals surface area contributed by atoms with Gasteiger partial charge in [-0.1, -0.05) is 38.2 Å². The first kappa shape index (κ1) is 21.8. The van der Waals surface area contributed by atoms with Crippen molar-refractivity contribution in [2.45, 2.75) is 62.7 Å². The van der Waals surface area contributed by atoms with Gasteiger partial charge >= 0.3 is 5.97 Å². The Morgan fingerprint density at radius 3 is 2.34 bits per heavy atom. The molecule has 29 heavy (non-hydrogen) atoms. The van der Waals surface area contributed by atoms with Crippen LogP contribution < -0.4 is 5.32 Å². The molecule has 0 aromatic heterocycles. The number of carbonyl (C=O) groups is 2. The molecule has 160 valence electrons. The summed E-state index contributed by atoms with van der Waals surface area (Å²) in [5.74, 6) is -0.908. The van der Waals surface area contributed by atoms with Gasteiger partial charge in [0.1, 0.15) is 0 Å². The molecule has 1 aromatic carbocycles. The average Bonchev–Trinajstić information content (AvgIpc) is 3.03. The monoisotopic (exact) mass is 422 g/mol. The van der Waals surface area contributed by atoms with E-state index in [-0.39, 0.29) is 23.4 Å². The van der Waals surface area contributed by atoms with E-state index in [1.165, 1.54) is 10.4 Å². The molecular formula is C21H30N2O5S. The Morgan fingerprint density at radius 2 is 1.66 bits per heavy atom. The second-order valence-electron chi connectivity index (χ2n) is 7.84. The van der Waals surface area contributed by atoms with Gasteiger partial charge in [0.15, 0.2) is 6.61 Å². The number of rotatable bonds is 6. The molecule has 1 saturated carbocycles. The number of anilines is 1. The fourth-order valence-electron chi connectivity index (χ4n) is 3.96. The summed E-state index contributed by atoms with van der Waals surface area (Å²) in [7, 11) is -3.59. The number of amides is 1. The summed E-state index contributed by atoms with van der Waals surface area (Å²) >= 11 is 0. The zero-order valence-electron chi connectivity index (χ0n) is 16.8. The molecule has 2 fully saturated rings. The third kappa shape index (κ3) is 6.02. The summed E-state index contributed by atoms with van der Waals surface area (Å²) in [6.07, 6.45) is 8.62. The van der Waals surface area contributed by atoms with Crippen LogP contribution in [-0.2, 0) is 24.3 Å². The van der Waals surface area contributed by atoms with E-state index in [2.05, 4.69) is 5.32 Å². The van der Waals surface area contributed by atoms with Crippen LogP contribution in [0.15, 0.2) is 29.2 Å². The Balaban J connectivity index is 1.57. The van der Waals surface area contributed by atoms with Crippen molar-refractivity contribution in [1.82, 2.24) is 4.31 Å². The first-order chi connectivity index (χ1) is 14.0.